The van der Waals surface area contributed by atoms with Gasteiger partial charge in [0.2, 0.25) is 5.91 Å². The number of hydrogen-bond acceptors (Lipinski definition) is 5. The highest BCUT2D eigenvalue weighted by Gasteiger charge is 2.25. The van der Waals surface area contributed by atoms with Crippen LogP contribution in [0.25, 0.3) is 0 Å². The molecule has 0 bridgehead atoms. The molecule has 2 aromatic rings. The average molecular weight is 335 g/mol. The summed E-state index contributed by atoms with van der Waals surface area (Å²) in [6, 6.07) is 4.84. The van der Waals surface area contributed by atoms with Gasteiger partial charge in [-0.3, -0.25) is 9.59 Å². The van der Waals surface area contributed by atoms with Gasteiger partial charge in [-0.2, -0.15) is 0 Å². The number of nitrogens with two attached hydrogens (primary N) is 1. The minimum atomic E-state index is -0.570. The van der Waals surface area contributed by atoms with E-state index in [2.05, 4.69) is 4.98 Å². The van der Waals surface area contributed by atoms with Crippen LogP contribution in [0.15, 0.2) is 35.1 Å². The fourth-order valence-electron chi connectivity index (χ4n) is 2.48. The number of halogens is 1. The largest absolute Gasteiger partial charge is 0.459 e. The number of piperazine rings is 1. The van der Waals surface area contributed by atoms with E-state index in [1.807, 2.05) is 4.90 Å². The number of rotatable bonds is 3. The smallest absolute Gasteiger partial charge is 0.289 e. The van der Waals surface area contributed by atoms with Crippen LogP contribution in [0.2, 0.25) is 5.02 Å². The number of amides is 2. The van der Waals surface area contributed by atoms with Crippen molar-refractivity contribution in [3.63, 3.8) is 0 Å². The first kappa shape index (κ1) is 15.4. The lowest BCUT2D eigenvalue weighted by molar-refractivity contribution is 0.0714. The van der Waals surface area contributed by atoms with Gasteiger partial charge >= 0.3 is 0 Å². The van der Waals surface area contributed by atoms with Gasteiger partial charge in [-0.05, 0) is 18.2 Å². The Labute approximate surface area is 137 Å². The summed E-state index contributed by atoms with van der Waals surface area (Å²) in [6.07, 6.45) is 2.89. The van der Waals surface area contributed by atoms with Crippen LogP contribution in [-0.2, 0) is 0 Å². The predicted octanol–water partition coefficient (Wildman–Crippen LogP) is 1.39. The Hall–Kier alpha value is -2.54. The first-order valence-corrected chi connectivity index (χ1v) is 7.47. The van der Waals surface area contributed by atoms with Crippen molar-refractivity contribution in [3.05, 3.63) is 47.0 Å². The van der Waals surface area contributed by atoms with Gasteiger partial charge in [0.05, 0.1) is 16.8 Å². The van der Waals surface area contributed by atoms with Gasteiger partial charge in [-0.15, -0.1) is 0 Å². The summed E-state index contributed by atoms with van der Waals surface area (Å²) < 4.78 is 5.13. The van der Waals surface area contributed by atoms with Gasteiger partial charge in [0.15, 0.2) is 5.76 Å². The lowest BCUT2D eigenvalue weighted by Gasteiger charge is -2.35. The Morgan fingerprint density at radius 3 is 2.57 bits per heavy atom. The van der Waals surface area contributed by atoms with Crippen LogP contribution < -0.4 is 10.6 Å². The normalized spacial score (nSPS) is 14.8. The van der Waals surface area contributed by atoms with E-state index in [0.717, 1.165) is 0 Å². The van der Waals surface area contributed by atoms with Gasteiger partial charge in [-0.25, -0.2) is 4.98 Å². The number of furan rings is 1. The summed E-state index contributed by atoms with van der Waals surface area (Å²) in [7, 11) is 0. The molecule has 0 unspecified atom stereocenters. The van der Waals surface area contributed by atoms with E-state index in [4.69, 9.17) is 21.8 Å². The first-order valence-electron chi connectivity index (χ1n) is 7.09. The Morgan fingerprint density at radius 2 is 2.00 bits per heavy atom. The van der Waals surface area contributed by atoms with Crippen molar-refractivity contribution in [2.75, 3.05) is 31.1 Å². The molecule has 1 aliphatic rings. The van der Waals surface area contributed by atoms with Crippen molar-refractivity contribution < 1.29 is 14.0 Å². The molecular weight excluding hydrogens is 320 g/mol. The predicted molar refractivity (Wildman–Crippen MR) is 84.6 cm³/mol. The van der Waals surface area contributed by atoms with E-state index in [1.54, 1.807) is 17.0 Å². The summed E-state index contributed by atoms with van der Waals surface area (Å²) in [4.78, 5) is 31.2. The molecule has 2 N–H and O–H groups in total. The maximum absolute atomic E-state index is 12.2. The van der Waals surface area contributed by atoms with E-state index in [9.17, 15) is 9.59 Å². The van der Waals surface area contributed by atoms with Crippen LogP contribution in [-0.4, -0.2) is 47.9 Å². The van der Waals surface area contributed by atoms with Crippen LogP contribution in [0.1, 0.15) is 20.9 Å². The average Bonchev–Trinajstić information content (AvgIpc) is 3.08. The van der Waals surface area contributed by atoms with Crippen molar-refractivity contribution in [1.29, 1.82) is 0 Å². The topological polar surface area (TPSA) is 92.7 Å². The highest BCUT2D eigenvalue weighted by molar-refractivity contribution is 6.33. The number of carbonyl (C=O) groups is 2. The van der Waals surface area contributed by atoms with E-state index in [0.29, 0.717) is 42.8 Å². The Bertz CT molecular complexity index is 724. The molecule has 2 amide bonds. The summed E-state index contributed by atoms with van der Waals surface area (Å²) in [5, 5.41) is 0.368. The highest BCUT2D eigenvalue weighted by atomic mass is 35.5. The summed E-state index contributed by atoms with van der Waals surface area (Å²) >= 11 is 6.18. The molecule has 120 valence electrons. The van der Waals surface area contributed by atoms with E-state index >= 15 is 0 Å². The maximum atomic E-state index is 12.2. The third-order valence-corrected chi connectivity index (χ3v) is 3.98. The van der Waals surface area contributed by atoms with Crippen LogP contribution in [0.3, 0.4) is 0 Å². The molecule has 8 heteroatoms. The zero-order chi connectivity index (χ0) is 16.4. The molecule has 0 atom stereocenters. The van der Waals surface area contributed by atoms with Crippen LogP contribution in [0.5, 0.6) is 0 Å². The zero-order valence-corrected chi connectivity index (χ0v) is 13.0. The summed E-state index contributed by atoms with van der Waals surface area (Å²) in [5.74, 6) is 0.222. The van der Waals surface area contributed by atoms with Crippen molar-refractivity contribution in [1.82, 2.24) is 9.88 Å². The van der Waals surface area contributed by atoms with Gasteiger partial charge in [-0.1, -0.05) is 11.6 Å². The third-order valence-electron chi connectivity index (χ3n) is 3.70. The van der Waals surface area contributed by atoms with Gasteiger partial charge in [0.1, 0.15) is 5.82 Å². The molecule has 0 spiro atoms. The molecule has 0 aromatic carbocycles. The Kier molecular flexibility index (Phi) is 4.20. The lowest BCUT2D eigenvalue weighted by atomic mass is 10.2. The second-order valence-electron chi connectivity index (χ2n) is 5.15. The molecule has 2 aromatic heterocycles. The SMILES string of the molecule is NC(=O)c1cnc(N2CCN(C(=O)c3ccco3)CC2)c(Cl)c1. The quantitative estimate of drug-likeness (QED) is 0.915. The molecule has 1 fully saturated rings. The van der Waals surface area contributed by atoms with Crippen molar-refractivity contribution in [2.24, 2.45) is 5.73 Å². The van der Waals surface area contributed by atoms with Crippen molar-refractivity contribution in [2.45, 2.75) is 0 Å². The fourth-order valence-corrected chi connectivity index (χ4v) is 2.76. The third kappa shape index (κ3) is 3.14. The number of hydrogen-bond donors (Lipinski definition) is 1. The molecule has 0 radical (unpaired) electrons. The second kappa shape index (κ2) is 6.29. The van der Waals surface area contributed by atoms with E-state index < -0.39 is 5.91 Å². The highest BCUT2D eigenvalue weighted by Crippen LogP contribution is 2.25. The fraction of sp³-hybridized carbons (Fsp3) is 0.267. The minimum Gasteiger partial charge on any atom is -0.459 e. The van der Waals surface area contributed by atoms with E-state index in [-0.39, 0.29) is 11.5 Å². The second-order valence-corrected chi connectivity index (χ2v) is 5.56. The summed E-state index contributed by atoms with van der Waals surface area (Å²) in [6.45, 7) is 2.26. The monoisotopic (exact) mass is 334 g/mol. The molecule has 23 heavy (non-hydrogen) atoms. The number of pyridine rings is 1. The Balaban J connectivity index is 1.67. The van der Waals surface area contributed by atoms with Crippen LogP contribution in [0.4, 0.5) is 5.82 Å². The van der Waals surface area contributed by atoms with E-state index in [1.165, 1.54) is 18.5 Å². The first-order chi connectivity index (χ1) is 11.1. The number of carbonyl (C=O) groups excluding carboxylic acids is 2. The van der Waals surface area contributed by atoms with Crippen molar-refractivity contribution >= 4 is 29.2 Å². The Morgan fingerprint density at radius 1 is 1.26 bits per heavy atom. The maximum Gasteiger partial charge on any atom is 0.289 e. The minimum absolute atomic E-state index is 0.127. The molecule has 1 saturated heterocycles. The van der Waals surface area contributed by atoms with Crippen LogP contribution >= 0.6 is 11.6 Å². The number of primary amides is 1. The molecule has 7 nitrogen and oxygen atoms in total. The molecule has 0 saturated carbocycles. The number of nitrogens with zero attached hydrogens (tertiary/aromatic N) is 3. The lowest BCUT2D eigenvalue weighted by Crippen LogP contribution is -2.49. The van der Waals surface area contributed by atoms with Gasteiger partial charge in [0, 0.05) is 32.4 Å². The number of aromatic nitrogens is 1. The molecule has 3 rings (SSSR count). The zero-order valence-electron chi connectivity index (χ0n) is 12.2. The van der Waals surface area contributed by atoms with Gasteiger partial charge < -0.3 is 20.0 Å². The van der Waals surface area contributed by atoms with Crippen molar-refractivity contribution in [3.8, 4) is 0 Å². The van der Waals surface area contributed by atoms with Gasteiger partial charge in [0.25, 0.3) is 5.91 Å². The molecule has 1 aliphatic heterocycles. The molecular formula is C15H15ClN4O3. The van der Waals surface area contributed by atoms with Crippen LogP contribution in [0, 0.1) is 0 Å². The summed E-state index contributed by atoms with van der Waals surface area (Å²) in [5.41, 5.74) is 5.47. The molecule has 3 heterocycles. The number of anilines is 1. The standard InChI is InChI=1S/C15H15ClN4O3/c16-11-8-10(13(17)21)9-18-14(11)19-3-5-20(6-4-19)15(22)12-2-1-7-23-12/h1-2,7-9H,3-6H2,(H2,17,21). The molecule has 0 aliphatic carbocycles.